The molecule has 0 amide bonds. The summed E-state index contributed by atoms with van der Waals surface area (Å²) in [5.41, 5.74) is -0.470. The number of aliphatic carboxylic acids is 1. The highest BCUT2D eigenvalue weighted by atomic mass is 31.0. The monoisotopic (exact) mass is 175 g/mol. The second-order valence-electron chi connectivity index (χ2n) is 3.16. The number of nitrogens with zero attached hydrogens (tertiary/aromatic N) is 1. The maximum atomic E-state index is 10.9. The van der Waals surface area contributed by atoms with E-state index in [0.717, 1.165) is 19.4 Å². The van der Waals surface area contributed by atoms with Gasteiger partial charge in [0.1, 0.15) is 0 Å². The van der Waals surface area contributed by atoms with Crippen molar-refractivity contribution in [2.75, 3.05) is 13.1 Å². The van der Waals surface area contributed by atoms with E-state index in [0.29, 0.717) is 6.54 Å². The molecule has 4 heteroatoms. The van der Waals surface area contributed by atoms with Crippen molar-refractivity contribution in [2.24, 2.45) is 5.41 Å². The van der Waals surface area contributed by atoms with Crippen molar-refractivity contribution < 1.29 is 9.90 Å². The minimum atomic E-state index is -0.648. The second kappa shape index (κ2) is 3.08. The van der Waals surface area contributed by atoms with Crippen molar-refractivity contribution in [3.8, 4) is 0 Å². The molecule has 11 heavy (non-hydrogen) atoms. The molecule has 0 aromatic heterocycles. The van der Waals surface area contributed by atoms with Crippen molar-refractivity contribution in [1.82, 2.24) is 4.67 Å². The van der Waals surface area contributed by atoms with Crippen molar-refractivity contribution in [2.45, 2.75) is 19.8 Å². The predicted molar refractivity (Wildman–Crippen MR) is 46.3 cm³/mol. The fraction of sp³-hybridized carbons (Fsp3) is 0.857. The summed E-state index contributed by atoms with van der Waals surface area (Å²) in [5.74, 6) is -0.648. The Morgan fingerprint density at radius 1 is 1.82 bits per heavy atom. The molecule has 1 N–H and O–H groups in total. The highest BCUT2D eigenvalue weighted by Gasteiger charge is 2.41. The molecule has 1 rings (SSSR count). The quantitative estimate of drug-likeness (QED) is 0.635. The number of hydrogen-bond acceptors (Lipinski definition) is 2. The lowest BCUT2D eigenvalue weighted by atomic mass is 9.85. The van der Waals surface area contributed by atoms with E-state index in [1.807, 2.05) is 11.6 Å². The highest BCUT2D eigenvalue weighted by Crippen LogP contribution is 2.35. The van der Waals surface area contributed by atoms with Gasteiger partial charge >= 0.3 is 5.97 Å². The van der Waals surface area contributed by atoms with Crippen LogP contribution in [-0.2, 0) is 4.79 Å². The molecule has 0 aliphatic carbocycles. The Morgan fingerprint density at radius 3 is 2.64 bits per heavy atom. The fourth-order valence-corrected chi connectivity index (χ4v) is 2.00. The van der Waals surface area contributed by atoms with Crippen molar-refractivity contribution in [1.29, 1.82) is 0 Å². The zero-order valence-corrected chi connectivity index (χ0v) is 7.86. The molecule has 0 bridgehead atoms. The van der Waals surface area contributed by atoms with E-state index in [2.05, 4.69) is 9.39 Å². The summed E-state index contributed by atoms with van der Waals surface area (Å²) < 4.78 is 2.00. The molecule has 3 nitrogen and oxygen atoms in total. The highest BCUT2D eigenvalue weighted by molar-refractivity contribution is 7.13. The third-order valence-corrected chi connectivity index (χ3v) is 2.95. The van der Waals surface area contributed by atoms with Crippen LogP contribution in [0.15, 0.2) is 0 Å². The van der Waals surface area contributed by atoms with Crippen molar-refractivity contribution in [3.05, 3.63) is 0 Å². The number of hydrogen-bond donors (Lipinski definition) is 1. The molecule has 64 valence electrons. The molecule has 0 aromatic carbocycles. The lowest BCUT2D eigenvalue weighted by Crippen LogP contribution is -2.31. The molecule has 0 saturated carbocycles. The molecular formula is C7H14NO2P. The first-order chi connectivity index (χ1) is 5.10. The first kappa shape index (κ1) is 8.95. The Hall–Kier alpha value is -0.140. The van der Waals surface area contributed by atoms with Crippen LogP contribution in [0.2, 0.25) is 0 Å². The van der Waals surface area contributed by atoms with Gasteiger partial charge in [-0.2, -0.15) is 0 Å². The Kier molecular flexibility index (Phi) is 2.50. The largest absolute Gasteiger partial charge is 0.481 e. The third kappa shape index (κ3) is 1.54. The van der Waals surface area contributed by atoms with Gasteiger partial charge in [0, 0.05) is 13.1 Å². The lowest BCUT2D eigenvalue weighted by Gasteiger charge is -2.21. The van der Waals surface area contributed by atoms with Crippen molar-refractivity contribution in [3.63, 3.8) is 0 Å². The minimum absolute atomic E-state index is 0.470. The van der Waals surface area contributed by atoms with Crippen LogP contribution in [0.1, 0.15) is 19.8 Å². The summed E-state index contributed by atoms with van der Waals surface area (Å²) in [6, 6.07) is 0. The Morgan fingerprint density at radius 2 is 2.45 bits per heavy atom. The van der Waals surface area contributed by atoms with Gasteiger partial charge in [0.25, 0.3) is 0 Å². The first-order valence-electron chi connectivity index (χ1n) is 3.84. The summed E-state index contributed by atoms with van der Waals surface area (Å²) in [5, 5.41) is 8.95. The zero-order chi connectivity index (χ0) is 8.48. The molecule has 2 unspecified atom stereocenters. The standard InChI is InChI=1S/C7H14NO2P/c1-2-7(6(9)10)3-4-8(11)5-7/h2-5,11H2,1H3,(H,9,10). The van der Waals surface area contributed by atoms with Gasteiger partial charge in [-0.05, 0) is 12.8 Å². The average molecular weight is 175 g/mol. The van der Waals surface area contributed by atoms with E-state index in [-0.39, 0.29) is 0 Å². The minimum Gasteiger partial charge on any atom is -0.481 e. The van der Waals surface area contributed by atoms with Crippen molar-refractivity contribution >= 4 is 15.4 Å². The fourth-order valence-electron chi connectivity index (χ4n) is 1.52. The van der Waals surface area contributed by atoms with Crippen LogP contribution in [0.5, 0.6) is 0 Å². The van der Waals surface area contributed by atoms with Crippen LogP contribution in [0.4, 0.5) is 0 Å². The molecule has 0 radical (unpaired) electrons. The van der Waals surface area contributed by atoms with E-state index in [1.165, 1.54) is 0 Å². The summed E-state index contributed by atoms with van der Waals surface area (Å²) >= 11 is 0. The van der Waals surface area contributed by atoms with Gasteiger partial charge in [-0.25, -0.2) is 0 Å². The Balaban J connectivity index is 2.70. The van der Waals surface area contributed by atoms with Crippen LogP contribution >= 0.6 is 9.39 Å². The molecular weight excluding hydrogens is 161 g/mol. The summed E-state index contributed by atoms with van der Waals surface area (Å²) in [6.07, 6.45) is 1.51. The van der Waals surface area contributed by atoms with Gasteiger partial charge in [0.05, 0.1) is 5.41 Å². The van der Waals surface area contributed by atoms with Gasteiger partial charge in [0.15, 0.2) is 0 Å². The number of rotatable bonds is 2. The SMILES string of the molecule is CCC1(C(=O)O)CCN(P)C1. The third-order valence-electron chi connectivity index (χ3n) is 2.51. The van der Waals surface area contributed by atoms with Gasteiger partial charge in [-0.1, -0.05) is 16.3 Å². The number of carboxylic acid groups (broad SMARTS) is 1. The van der Waals surface area contributed by atoms with Gasteiger partial charge in [-0.3, -0.25) is 9.46 Å². The van der Waals surface area contributed by atoms with E-state index in [1.54, 1.807) is 0 Å². The molecule has 0 aromatic rings. The molecule has 1 saturated heterocycles. The smallest absolute Gasteiger partial charge is 0.310 e. The lowest BCUT2D eigenvalue weighted by molar-refractivity contribution is -0.148. The first-order valence-corrected chi connectivity index (χ1v) is 4.35. The van der Waals surface area contributed by atoms with Gasteiger partial charge in [-0.15, -0.1) is 0 Å². The van der Waals surface area contributed by atoms with Crippen LogP contribution in [0.25, 0.3) is 0 Å². The maximum Gasteiger partial charge on any atom is 0.310 e. The molecule has 1 heterocycles. The molecule has 2 atom stereocenters. The normalized spacial score (nSPS) is 32.5. The molecule has 1 aliphatic rings. The topological polar surface area (TPSA) is 40.5 Å². The van der Waals surface area contributed by atoms with E-state index >= 15 is 0 Å². The second-order valence-corrected chi connectivity index (χ2v) is 3.89. The zero-order valence-electron chi connectivity index (χ0n) is 6.71. The average Bonchev–Trinajstić information content (AvgIpc) is 2.33. The maximum absolute atomic E-state index is 10.9. The van der Waals surface area contributed by atoms with E-state index in [4.69, 9.17) is 5.11 Å². The predicted octanol–water partition coefficient (Wildman–Crippen LogP) is 0.963. The number of carboxylic acids is 1. The van der Waals surface area contributed by atoms with Crippen LogP contribution in [-0.4, -0.2) is 28.8 Å². The summed E-state index contributed by atoms with van der Waals surface area (Å²) in [4.78, 5) is 10.9. The van der Waals surface area contributed by atoms with Crippen LogP contribution < -0.4 is 0 Å². The summed E-state index contributed by atoms with van der Waals surface area (Å²) in [6.45, 7) is 3.49. The van der Waals surface area contributed by atoms with Gasteiger partial charge in [0.2, 0.25) is 0 Å². The van der Waals surface area contributed by atoms with E-state index in [9.17, 15) is 4.79 Å². The number of carbonyl (C=O) groups is 1. The Labute approximate surface area is 69.0 Å². The van der Waals surface area contributed by atoms with Gasteiger partial charge < -0.3 is 5.11 Å². The van der Waals surface area contributed by atoms with Crippen LogP contribution in [0, 0.1) is 5.41 Å². The van der Waals surface area contributed by atoms with Crippen LogP contribution in [0.3, 0.4) is 0 Å². The summed E-state index contributed by atoms with van der Waals surface area (Å²) in [7, 11) is 2.56. The Bertz CT molecular complexity index is 174. The van der Waals surface area contributed by atoms with E-state index < -0.39 is 11.4 Å². The molecule has 0 spiro atoms. The molecule has 1 fully saturated rings. The molecule has 1 aliphatic heterocycles.